The van der Waals surface area contributed by atoms with Gasteiger partial charge in [0.15, 0.2) is 23.0 Å². The van der Waals surface area contributed by atoms with Crippen molar-refractivity contribution in [3.63, 3.8) is 0 Å². The van der Waals surface area contributed by atoms with Gasteiger partial charge in [-0.25, -0.2) is 0 Å². The maximum Gasteiger partial charge on any atom is 0.305 e. The Kier molecular flexibility index (Phi) is 7.06. The van der Waals surface area contributed by atoms with E-state index in [1.807, 2.05) is 54.7 Å². The minimum Gasteiger partial charge on any atom is -0.493 e. The van der Waals surface area contributed by atoms with E-state index in [4.69, 9.17) is 18.9 Å². The summed E-state index contributed by atoms with van der Waals surface area (Å²) in [5.74, 6) is 2.21. The molecule has 0 atom stereocenters. The predicted octanol–water partition coefficient (Wildman–Crippen LogP) is 4.78. The molecule has 0 fully saturated rings. The van der Waals surface area contributed by atoms with Gasteiger partial charge in [-0.05, 0) is 48.9 Å². The Morgan fingerprint density at radius 1 is 0.771 bits per heavy atom. The summed E-state index contributed by atoms with van der Waals surface area (Å²) in [6, 6.07) is 18.7. The van der Waals surface area contributed by atoms with Crippen molar-refractivity contribution in [2.24, 2.45) is 0 Å². The van der Waals surface area contributed by atoms with E-state index in [0.29, 0.717) is 28.6 Å². The smallest absolute Gasteiger partial charge is 0.305 e. The third-order valence-corrected chi connectivity index (χ3v) is 5.95. The zero-order valence-corrected chi connectivity index (χ0v) is 20.5. The number of hydrogen-bond donors (Lipinski definition) is 1. The van der Waals surface area contributed by atoms with Crippen LogP contribution in [0.3, 0.4) is 0 Å². The van der Waals surface area contributed by atoms with Crippen molar-refractivity contribution < 1.29 is 28.4 Å². The van der Waals surface area contributed by atoms with Crippen LogP contribution in [0.4, 0.5) is 0 Å². The van der Waals surface area contributed by atoms with Gasteiger partial charge in [0.25, 0.3) is 5.69 Å². The van der Waals surface area contributed by atoms with E-state index >= 15 is 0 Å². The van der Waals surface area contributed by atoms with E-state index in [9.17, 15) is 4.79 Å². The van der Waals surface area contributed by atoms with Crippen LogP contribution in [0.15, 0.2) is 66.9 Å². The number of ether oxygens (including phenoxy) is 4. The van der Waals surface area contributed by atoms with Crippen molar-refractivity contribution in [3.8, 4) is 34.3 Å². The molecule has 1 amide bonds. The lowest BCUT2D eigenvalue weighted by molar-refractivity contribution is -0.629. The molecule has 1 aromatic heterocycles. The highest BCUT2D eigenvalue weighted by Crippen LogP contribution is 2.39. The molecule has 0 bridgehead atoms. The third kappa shape index (κ3) is 4.57. The number of carbonyl (C=O) groups excluding carboxylic acids is 1. The Bertz CT molecular complexity index is 1370. The van der Waals surface area contributed by atoms with Gasteiger partial charge in [-0.3, -0.25) is 4.79 Å². The third-order valence-electron chi connectivity index (χ3n) is 5.95. The maximum absolute atomic E-state index is 13.2. The second kappa shape index (κ2) is 10.3. The number of amides is 1. The zero-order chi connectivity index (χ0) is 24.9. The fourth-order valence-electron chi connectivity index (χ4n) is 4.17. The molecule has 0 aliphatic carbocycles. The van der Waals surface area contributed by atoms with E-state index in [0.717, 1.165) is 34.0 Å². The molecule has 0 aliphatic heterocycles. The van der Waals surface area contributed by atoms with Crippen LogP contribution in [-0.4, -0.2) is 34.3 Å². The normalized spacial score (nSPS) is 10.7. The van der Waals surface area contributed by atoms with Crippen LogP contribution in [0.2, 0.25) is 0 Å². The average Bonchev–Trinajstić information content (AvgIpc) is 2.91. The molecule has 1 heterocycles. The van der Waals surface area contributed by atoms with Crippen LogP contribution in [0, 0.1) is 0 Å². The van der Waals surface area contributed by atoms with Gasteiger partial charge in [-0.15, -0.1) is 5.43 Å². The van der Waals surface area contributed by atoms with E-state index in [2.05, 4.69) is 12.3 Å². The summed E-state index contributed by atoms with van der Waals surface area (Å²) in [4.78, 5) is 13.2. The van der Waals surface area contributed by atoms with Crippen molar-refractivity contribution in [3.05, 3.63) is 78.0 Å². The van der Waals surface area contributed by atoms with Crippen LogP contribution in [0.5, 0.6) is 23.0 Å². The number of aromatic nitrogens is 1. The van der Waals surface area contributed by atoms with Crippen LogP contribution < -0.4 is 29.0 Å². The van der Waals surface area contributed by atoms with Crippen LogP contribution in [0.1, 0.15) is 22.8 Å². The summed E-state index contributed by atoms with van der Waals surface area (Å²) in [5, 5.41) is 1.89. The maximum atomic E-state index is 13.2. The number of fused-ring (bicyclic) bond motifs is 1. The minimum absolute atomic E-state index is 0.223. The Morgan fingerprint density at radius 2 is 1.37 bits per heavy atom. The second-order valence-corrected chi connectivity index (χ2v) is 7.86. The number of hydrogen-bond acceptors (Lipinski definition) is 5. The molecule has 7 heteroatoms. The summed E-state index contributed by atoms with van der Waals surface area (Å²) in [6.45, 7) is 2.07. The lowest BCUT2D eigenvalue weighted by atomic mass is 9.98. The second-order valence-electron chi connectivity index (χ2n) is 7.86. The van der Waals surface area contributed by atoms with Crippen molar-refractivity contribution >= 4 is 16.7 Å². The monoisotopic (exact) mass is 473 g/mol. The highest BCUT2D eigenvalue weighted by Gasteiger charge is 2.26. The largest absolute Gasteiger partial charge is 0.493 e. The summed E-state index contributed by atoms with van der Waals surface area (Å²) < 4.78 is 23.9. The van der Waals surface area contributed by atoms with Gasteiger partial charge in [0.1, 0.15) is 0 Å². The number of carbonyl (C=O) groups is 1. The average molecular weight is 474 g/mol. The Hall–Kier alpha value is -4.26. The van der Waals surface area contributed by atoms with Crippen molar-refractivity contribution in [1.82, 2.24) is 0 Å². The first kappa shape index (κ1) is 23.9. The molecule has 35 heavy (non-hydrogen) atoms. The Balaban J connectivity index is 2.02. The van der Waals surface area contributed by atoms with Crippen LogP contribution in [0.25, 0.3) is 22.0 Å². The lowest BCUT2D eigenvalue weighted by Gasteiger charge is -2.15. The summed E-state index contributed by atoms with van der Waals surface area (Å²) in [7, 11) is 6.42. The zero-order valence-electron chi connectivity index (χ0n) is 20.5. The SMILES string of the molecule is CCc1c[n+](NC(=O)c2ccccc2)c(-c2ccc(OC)c(OC)c2)c2cc(OC)c(OC)cc12. The predicted molar refractivity (Wildman–Crippen MR) is 135 cm³/mol. The summed E-state index contributed by atoms with van der Waals surface area (Å²) >= 11 is 0. The molecule has 0 radical (unpaired) electrons. The molecule has 0 aliphatic rings. The van der Waals surface area contributed by atoms with E-state index in [-0.39, 0.29) is 5.91 Å². The quantitative estimate of drug-likeness (QED) is 0.373. The highest BCUT2D eigenvalue weighted by atomic mass is 16.5. The Labute approximate surface area is 204 Å². The number of nitrogens with one attached hydrogen (secondary N) is 1. The van der Waals surface area contributed by atoms with Gasteiger partial charge in [0.2, 0.25) is 6.20 Å². The molecule has 0 unspecified atom stereocenters. The minimum atomic E-state index is -0.223. The molecule has 4 rings (SSSR count). The first-order valence-electron chi connectivity index (χ1n) is 11.3. The molecule has 0 saturated heterocycles. The number of methoxy groups -OCH3 is 4. The van der Waals surface area contributed by atoms with E-state index in [1.54, 1.807) is 45.2 Å². The van der Waals surface area contributed by atoms with Crippen molar-refractivity contribution in [1.29, 1.82) is 0 Å². The fraction of sp³-hybridized carbons (Fsp3) is 0.214. The molecule has 180 valence electrons. The molecule has 4 aromatic rings. The molecular weight excluding hydrogens is 444 g/mol. The van der Waals surface area contributed by atoms with Gasteiger partial charge in [0.05, 0.1) is 39.4 Å². The number of nitrogens with zero attached hydrogens (tertiary/aromatic N) is 1. The molecule has 0 spiro atoms. The molecule has 7 nitrogen and oxygen atoms in total. The standard InChI is InChI=1S/C28H28N2O5/c1-6-18-17-30(29-28(31)19-10-8-7-9-11-19)27(20-12-13-23(32-2)24(14-20)33-3)22-16-26(35-5)25(34-4)15-21(18)22/h7-17H,6H2,1-5H3/p+1. The van der Waals surface area contributed by atoms with Gasteiger partial charge < -0.3 is 18.9 Å². The fourth-order valence-corrected chi connectivity index (χ4v) is 4.17. The number of aryl methyl sites for hydroxylation is 1. The van der Waals surface area contributed by atoms with Gasteiger partial charge in [-0.2, -0.15) is 0 Å². The summed E-state index contributed by atoms with van der Waals surface area (Å²) in [5.41, 5.74) is 6.25. The van der Waals surface area contributed by atoms with Gasteiger partial charge >= 0.3 is 5.91 Å². The van der Waals surface area contributed by atoms with E-state index < -0.39 is 0 Å². The molecular formula is C28H29N2O5+. The number of rotatable bonds is 8. The van der Waals surface area contributed by atoms with Crippen molar-refractivity contribution in [2.45, 2.75) is 13.3 Å². The van der Waals surface area contributed by atoms with Crippen LogP contribution >= 0.6 is 0 Å². The molecule has 0 saturated carbocycles. The van der Waals surface area contributed by atoms with Crippen molar-refractivity contribution in [2.75, 3.05) is 33.9 Å². The van der Waals surface area contributed by atoms with Crippen LogP contribution in [-0.2, 0) is 6.42 Å². The molecule has 1 N–H and O–H groups in total. The first-order valence-corrected chi connectivity index (χ1v) is 11.3. The topological polar surface area (TPSA) is 69.9 Å². The van der Waals surface area contributed by atoms with Gasteiger partial charge in [-0.1, -0.05) is 29.8 Å². The van der Waals surface area contributed by atoms with E-state index in [1.165, 1.54) is 0 Å². The highest BCUT2D eigenvalue weighted by molar-refractivity contribution is 6.00. The number of pyridine rings is 1. The van der Waals surface area contributed by atoms with Gasteiger partial charge in [0, 0.05) is 16.5 Å². The first-order chi connectivity index (χ1) is 17.0. The summed E-state index contributed by atoms with van der Waals surface area (Å²) in [6.07, 6.45) is 2.69. The Morgan fingerprint density at radius 3 is 1.97 bits per heavy atom. The number of benzene rings is 3. The lowest BCUT2D eigenvalue weighted by Crippen LogP contribution is -2.50. The molecule has 3 aromatic carbocycles.